The van der Waals surface area contributed by atoms with Crippen molar-refractivity contribution in [1.29, 1.82) is 0 Å². The lowest BCUT2D eigenvalue weighted by molar-refractivity contribution is -0.137. The van der Waals surface area contributed by atoms with Gasteiger partial charge in [0.25, 0.3) is 0 Å². The van der Waals surface area contributed by atoms with E-state index in [1.165, 1.54) is 6.07 Å². The zero-order chi connectivity index (χ0) is 14.3. The van der Waals surface area contributed by atoms with Crippen LogP contribution in [0.1, 0.15) is 30.4 Å². The Balaban J connectivity index is 1.84. The van der Waals surface area contributed by atoms with Crippen LogP contribution in [0.25, 0.3) is 0 Å². The maximum Gasteiger partial charge on any atom is 0.416 e. The maximum atomic E-state index is 12.7. The fraction of sp³-hybridized carbons (Fsp3) is 0.500. The minimum absolute atomic E-state index is 0.138. The van der Waals surface area contributed by atoms with Crippen LogP contribution in [-0.2, 0) is 6.18 Å². The standard InChI is InChI=1S/C14H16F3N3/c15-14(16,17)9-3-1-2-8(6-9)13-19-11-5-4-10(18)7-12(11)20-13/h1-3,6,10-12H,4-5,7,18H2,(H,19,20). The first-order valence-electron chi connectivity index (χ1n) is 6.71. The quantitative estimate of drug-likeness (QED) is 0.831. The first kappa shape index (κ1) is 13.4. The number of amidine groups is 1. The van der Waals surface area contributed by atoms with E-state index in [1.807, 2.05) is 0 Å². The van der Waals surface area contributed by atoms with Gasteiger partial charge in [-0.15, -0.1) is 0 Å². The number of fused-ring (bicyclic) bond motifs is 1. The fourth-order valence-electron chi connectivity index (χ4n) is 2.88. The van der Waals surface area contributed by atoms with Crippen molar-refractivity contribution < 1.29 is 13.2 Å². The number of aliphatic imine (C=N–C) groups is 1. The number of nitrogens with two attached hydrogens (primary N) is 1. The van der Waals surface area contributed by atoms with E-state index in [9.17, 15) is 13.2 Å². The Kier molecular flexibility index (Phi) is 3.20. The van der Waals surface area contributed by atoms with Crippen LogP contribution >= 0.6 is 0 Å². The van der Waals surface area contributed by atoms with Crippen molar-refractivity contribution in [3.63, 3.8) is 0 Å². The van der Waals surface area contributed by atoms with Crippen molar-refractivity contribution in [2.75, 3.05) is 0 Å². The first-order chi connectivity index (χ1) is 9.43. The van der Waals surface area contributed by atoms with Gasteiger partial charge in [0.05, 0.1) is 17.6 Å². The predicted molar refractivity (Wildman–Crippen MR) is 70.5 cm³/mol. The van der Waals surface area contributed by atoms with Gasteiger partial charge < -0.3 is 11.1 Å². The van der Waals surface area contributed by atoms with E-state index in [4.69, 9.17) is 5.73 Å². The first-order valence-corrected chi connectivity index (χ1v) is 6.71. The number of hydrogen-bond acceptors (Lipinski definition) is 3. The summed E-state index contributed by atoms with van der Waals surface area (Å²) >= 11 is 0. The van der Waals surface area contributed by atoms with Gasteiger partial charge in [-0.25, -0.2) is 0 Å². The Bertz CT molecular complexity index is 539. The number of halogens is 3. The van der Waals surface area contributed by atoms with Gasteiger partial charge in [-0.2, -0.15) is 13.2 Å². The molecule has 0 spiro atoms. The van der Waals surface area contributed by atoms with Crippen molar-refractivity contribution in [3.8, 4) is 0 Å². The topological polar surface area (TPSA) is 50.4 Å². The van der Waals surface area contributed by atoms with E-state index in [1.54, 1.807) is 6.07 Å². The van der Waals surface area contributed by atoms with Gasteiger partial charge in [0, 0.05) is 11.6 Å². The van der Waals surface area contributed by atoms with Crippen molar-refractivity contribution in [3.05, 3.63) is 35.4 Å². The third-order valence-corrected chi connectivity index (χ3v) is 3.93. The molecule has 0 saturated heterocycles. The number of rotatable bonds is 1. The second-order valence-electron chi connectivity index (χ2n) is 5.45. The highest BCUT2D eigenvalue weighted by Crippen LogP contribution is 2.31. The number of nitrogens with one attached hydrogen (secondary N) is 1. The van der Waals surface area contributed by atoms with Crippen LogP contribution in [0.15, 0.2) is 29.3 Å². The largest absolute Gasteiger partial charge is 0.416 e. The van der Waals surface area contributed by atoms with Crippen LogP contribution in [0, 0.1) is 0 Å². The number of hydrogen-bond donors (Lipinski definition) is 2. The van der Waals surface area contributed by atoms with Crippen molar-refractivity contribution >= 4 is 5.84 Å². The Morgan fingerprint density at radius 1 is 1.25 bits per heavy atom. The molecule has 20 heavy (non-hydrogen) atoms. The molecule has 0 radical (unpaired) electrons. The molecule has 0 amide bonds. The Morgan fingerprint density at radius 3 is 2.80 bits per heavy atom. The minimum Gasteiger partial charge on any atom is -0.365 e. The van der Waals surface area contributed by atoms with Crippen molar-refractivity contribution in [2.24, 2.45) is 10.7 Å². The highest BCUT2D eigenvalue weighted by atomic mass is 19.4. The third-order valence-electron chi connectivity index (χ3n) is 3.93. The average molecular weight is 283 g/mol. The normalized spacial score (nSPS) is 29.6. The lowest BCUT2D eigenvalue weighted by Crippen LogP contribution is -2.44. The van der Waals surface area contributed by atoms with Gasteiger partial charge in [-0.3, -0.25) is 4.99 Å². The zero-order valence-corrected chi connectivity index (χ0v) is 10.8. The Morgan fingerprint density at radius 2 is 2.05 bits per heavy atom. The monoisotopic (exact) mass is 283 g/mol. The Labute approximate surface area is 115 Å². The van der Waals surface area contributed by atoms with E-state index >= 15 is 0 Å². The summed E-state index contributed by atoms with van der Waals surface area (Å²) in [5.41, 5.74) is 5.76. The summed E-state index contributed by atoms with van der Waals surface area (Å²) in [4.78, 5) is 4.52. The lowest BCUT2D eigenvalue weighted by atomic mass is 9.88. The molecule has 1 aliphatic carbocycles. The molecule has 0 bridgehead atoms. The molecule has 6 heteroatoms. The lowest BCUT2D eigenvalue weighted by Gasteiger charge is -2.28. The van der Waals surface area contributed by atoms with Gasteiger partial charge >= 0.3 is 6.18 Å². The van der Waals surface area contributed by atoms with Crippen molar-refractivity contribution in [2.45, 2.75) is 43.6 Å². The van der Waals surface area contributed by atoms with E-state index in [-0.39, 0.29) is 18.1 Å². The summed E-state index contributed by atoms with van der Waals surface area (Å²) in [5, 5.41) is 3.22. The average Bonchev–Trinajstić information content (AvgIpc) is 2.81. The zero-order valence-electron chi connectivity index (χ0n) is 10.8. The minimum atomic E-state index is -4.33. The summed E-state index contributed by atoms with van der Waals surface area (Å²) < 4.78 is 38.2. The molecule has 1 aliphatic heterocycles. The van der Waals surface area contributed by atoms with Gasteiger partial charge in [0.2, 0.25) is 0 Å². The molecular formula is C14H16F3N3. The van der Waals surface area contributed by atoms with Crippen LogP contribution in [0.2, 0.25) is 0 Å². The van der Waals surface area contributed by atoms with E-state index in [2.05, 4.69) is 10.3 Å². The molecule has 1 aromatic rings. The Hall–Kier alpha value is -1.56. The molecule has 0 aromatic heterocycles. The molecule has 3 unspecified atom stereocenters. The van der Waals surface area contributed by atoms with Crippen LogP contribution in [-0.4, -0.2) is 24.0 Å². The molecule has 1 fully saturated rings. The molecule has 1 saturated carbocycles. The summed E-state index contributed by atoms with van der Waals surface area (Å²) in [6, 6.07) is 5.72. The smallest absolute Gasteiger partial charge is 0.365 e. The van der Waals surface area contributed by atoms with Gasteiger partial charge in [0.1, 0.15) is 5.84 Å². The number of alkyl halides is 3. The molecule has 3 rings (SSSR count). The highest BCUT2D eigenvalue weighted by Gasteiger charge is 2.35. The second kappa shape index (κ2) is 4.77. The summed E-state index contributed by atoms with van der Waals surface area (Å²) in [6.07, 6.45) is -1.70. The van der Waals surface area contributed by atoms with E-state index in [0.29, 0.717) is 11.4 Å². The molecule has 3 N–H and O–H groups in total. The summed E-state index contributed by atoms with van der Waals surface area (Å²) in [6.45, 7) is 0. The number of nitrogens with zero attached hydrogens (tertiary/aromatic N) is 1. The fourth-order valence-corrected chi connectivity index (χ4v) is 2.88. The molecule has 3 nitrogen and oxygen atoms in total. The van der Waals surface area contributed by atoms with Gasteiger partial charge in [-0.1, -0.05) is 12.1 Å². The van der Waals surface area contributed by atoms with Crippen LogP contribution < -0.4 is 11.1 Å². The maximum absolute atomic E-state index is 12.7. The SMILES string of the molecule is NC1CCC2N=C(c3cccc(C(F)(F)F)c3)NC2C1. The second-order valence-corrected chi connectivity index (χ2v) is 5.45. The molecule has 108 valence electrons. The van der Waals surface area contributed by atoms with E-state index in [0.717, 1.165) is 31.4 Å². The molecule has 3 atom stereocenters. The third kappa shape index (κ3) is 2.52. The molecule has 1 aromatic carbocycles. The van der Waals surface area contributed by atoms with Crippen LogP contribution in [0.3, 0.4) is 0 Å². The molecule has 2 aliphatic rings. The van der Waals surface area contributed by atoms with Crippen LogP contribution in [0.5, 0.6) is 0 Å². The molecular weight excluding hydrogens is 267 g/mol. The van der Waals surface area contributed by atoms with E-state index < -0.39 is 11.7 Å². The highest BCUT2D eigenvalue weighted by molar-refractivity contribution is 6.00. The predicted octanol–water partition coefficient (Wildman–Crippen LogP) is 2.30. The summed E-state index contributed by atoms with van der Waals surface area (Å²) in [7, 11) is 0. The van der Waals surface area contributed by atoms with Crippen LogP contribution in [0.4, 0.5) is 13.2 Å². The van der Waals surface area contributed by atoms with Crippen molar-refractivity contribution in [1.82, 2.24) is 5.32 Å². The summed E-state index contributed by atoms with van der Waals surface area (Å²) in [5.74, 6) is 0.556. The van der Waals surface area contributed by atoms with Gasteiger partial charge in [0.15, 0.2) is 0 Å². The van der Waals surface area contributed by atoms with Gasteiger partial charge in [-0.05, 0) is 31.4 Å². The number of benzene rings is 1. The molecule has 1 heterocycles.